The molecule has 1 saturated heterocycles. The second-order valence-electron chi connectivity index (χ2n) is 7.04. The summed E-state index contributed by atoms with van der Waals surface area (Å²) in [5.74, 6) is 0.658. The maximum Gasteiger partial charge on any atom is 0.410 e. The highest BCUT2D eigenvalue weighted by atomic mass is 16.6. The molecule has 0 radical (unpaired) electrons. The molecule has 1 aromatic heterocycles. The van der Waals surface area contributed by atoms with E-state index in [4.69, 9.17) is 4.74 Å². The van der Waals surface area contributed by atoms with Crippen molar-refractivity contribution >= 4 is 17.6 Å². The average molecular weight is 343 g/mol. The monoisotopic (exact) mass is 343 g/mol. The van der Waals surface area contributed by atoms with Crippen LogP contribution < -0.4 is 5.43 Å². The summed E-state index contributed by atoms with van der Waals surface area (Å²) < 4.78 is 5.25. The van der Waals surface area contributed by atoms with Gasteiger partial charge in [-0.2, -0.15) is 10.2 Å². The standard InChI is InChI=1S/C18H25N5O2/c1-2-25-18(24)23-13-8-9-16(23)14-11-17(22-20-15(14)10-13)21-19-12-6-4-3-5-7-12/h11,13,16H,2-10H2,1H3,(H,21,22). The van der Waals surface area contributed by atoms with Gasteiger partial charge < -0.3 is 4.74 Å². The summed E-state index contributed by atoms with van der Waals surface area (Å²) in [5, 5.41) is 13.2. The van der Waals surface area contributed by atoms with E-state index in [2.05, 4.69) is 20.7 Å². The molecule has 7 nitrogen and oxygen atoms in total. The number of nitrogens with one attached hydrogen (secondary N) is 1. The molecule has 0 aromatic carbocycles. The van der Waals surface area contributed by atoms with Gasteiger partial charge in [-0.3, -0.25) is 10.3 Å². The number of hydrogen-bond acceptors (Lipinski definition) is 6. The van der Waals surface area contributed by atoms with Gasteiger partial charge in [-0.05, 0) is 51.5 Å². The third-order valence-electron chi connectivity index (χ3n) is 5.43. The second-order valence-corrected chi connectivity index (χ2v) is 7.04. The molecule has 1 aromatic rings. The maximum atomic E-state index is 12.3. The molecule has 2 atom stereocenters. The average Bonchev–Trinajstić information content (AvgIpc) is 2.97. The number of nitrogens with zero attached hydrogens (tertiary/aromatic N) is 4. The molecule has 1 amide bonds. The SMILES string of the molecule is CCOC(=O)N1C2CCC1c1cc(NN=C3CCCCC3)nnc1C2. The Morgan fingerprint density at radius 1 is 1.32 bits per heavy atom. The Hall–Kier alpha value is -2.18. The molecule has 2 aliphatic heterocycles. The summed E-state index contributed by atoms with van der Waals surface area (Å²) >= 11 is 0. The van der Waals surface area contributed by atoms with Gasteiger partial charge in [0.05, 0.1) is 18.3 Å². The Labute approximate surface area is 147 Å². The highest BCUT2D eigenvalue weighted by molar-refractivity contribution is 5.85. The number of hydrazone groups is 1. The fourth-order valence-corrected chi connectivity index (χ4v) is 4.23. The molecule has 3 aliphatic rings. The van der Waals surface area contributed by atoms with Crippen LogP contribution in [0.15, 0.2) is 11.2 Å². The van der Waals surface area contributed by atoms with Gasteiger partial charge in [-0.25, -0.2) is 4.79 Å². The Morgan fingerprint density at radius 2 is 2.16 bits per heavy atom. The van der Waals surface area contributed by atoms with Crippen LogP contribution in [0.2, 0.25) is 0 Å². The van der Waals surface area contributed by atoms with Gasteiger partial charge in [0, 0.05) is 23.7 Å². The van der Waals surface area contributed by atoms with Gasteiger partial charge in [0.1, 0.15) is 0 Å². The summed E-state index contributed by atoms with van der Waals surface area (Å²) in [6, 6.07) is 2.24. The number of carbonyl (C=O) groups is 1. The van der Waals surface area contributed by atoms with Gasteiger partial charge in [-0.1, -0.05) is 6.42 Å². The van der Waals surface area contributed by atoms with E-state index in [1.54, 1.807) is 0 Å². The van der Waals surface area contributed by atoms with Crippen LogP contribution in [0.1, 0.15) is 69.2 Å². The minimum absolute atomic E-state index is 0.0474. The van der Waals surface area contributed by atoms with Crippen LogP contribution in [0.5, 0.6) is 0 Å². The highest BCUT2D eigenvalue weighted by Crippen LogP contribution is 2.43. The summed E-state index contributed by atoms with van der Waals surface area (Å²) in [6.07, 6.45) is 8.34. The van der Waals surface area contributed by atoms with E-state index in [0.29, 0.717) is 12.4 Å². The first kappa shape index (κ1) is 16.3. The highest BCUT2D eigenvalue weighted by Gasteiger charge is 2.44. The predicted octanol–water partition coefficient (Wildman–Crippen LogP) is 3.43. The molecule has 4 rings (SSSR count). The summed E-state index contributed by atoms with van der Waals surface area (Å²) in [7, 11) is 0. The number of hydrogen-bond donors (Lipinski definition) is 1. The van der Waals surface area contributed by atoms with Crippen molar-refractivity contribution < 1.29 is 9.53 Å². The topological polar surface area (TPSA) is 79.7 Å². The molecule has 0 spiro atoms. The number of ether oxygens (including phenoxy) is 1. The molecule has 1 aliphatic carbocycles. The van der Waals surface area contributed by atoms with Gasteiger partial charge >= 0.3 is 6.09 Å². The van der Waals surface area contributed by atoms with Crippen LogP contribution in [0.25, 0.3) is 0 Å². The van der Waals surface area contributed by atoms with Crippen LogP contribution in [-0.4, -0.2) is 39.6 Å². The normalized spacial score (nSPS) is 24.7. The van der Waals surface area contributed by atoms with Crippen molar-refractivity contribution in [3.05, 3.63) is 17.3 Å². The van der Waals surface area contributed by atoms with Crippen molar-refractivity contribution in [1.29, 1.82) is 0 Å². The molecular formula is C18H25N5O2. The largest absolute Gasteiger partial charge is 0.450 e. The number of carbonyl (C=O) groups excluding carboxylic acids is 1. The Kier molecular flexibility index (Phi) is 4.55. The van der Waals surface area contributed by atoms with E-state index in [9.17, 15) is 4.79 Å². The summed E-state index contributed by atoms with van der Waals surface area (Å²) in [6.45, 7) is 2.25. The zero-order chi connectivity index (χ0) is 17.2. The van der Waals surface area contributed by atoms with Crippen LogP contribution in [0.4, 0.5) is 10.6 Å². The number of anilines is 1. The first-order chi connectivity index (χ1) is 12.3. The fraction of sp³-hybridized carbons (Fsp3) is 0.667. The molecule has 3 heterocycles. The quantitative estimate of drug-likeness (QED) is 0.851. The molecule has 2 unspecified atom stereocenters. The summed E-state index contributed by atoms with van der Waals surface area (Å²) in [5.41, 5.74) is 6.37. The lowest BCUT2D eigenvalue weighted by Crippen LogP contribution is -2.42. The van der Waals surface area contributed by atoms with Crippen molar-refractivity contribution in [2.24, 2.45) is 5.10 Å². The van der Waals surface area contributed by atoms with E-state index in [0.717, 1.165) is 43.4 Å². The molecular weight excluding hydrogens is 318 g/mol. The molecule has 2 bridgehead atoms. The van der Waals surface area contributed by atoms with Gasteiger partial charge in [-0.15, -0.1) is 5.10 Å². The molecule has 25 heavy (non-hydrogen) atoms. The fourth-order valence-electron chi connectivity index (χ4n) is 4.23. The zero-order valence-electron chi connectivity index (χ0n) is 14.7. The Balaban J connectivity index is 1.54. The Bertz CT molecular complexity index is 682. The van der Waals surface area contributed by atoms with Crippen molar-refractivity contribution in [3.8, 4) is 0 Å². The van der Waals surface area contributed by atoms with Crippen LogP contribution in [0, 0.1) is 0 Å². The zero-order valence-corrected chi connectivity index (χ0v) is 14.7. The number of amides is 1. The van der Waals surface area contributed by atoms with Crippen molar-refractivity contribution in [2.45, 2.75) is 70.4 Å². The number of rotatable bonds is 3. The van der Waals surface area contributed by atoms with Gasteiger partial charge in [0.15, 0.2) is 5.82 Å². The lowest BCUT2D eigenvalue weighted by molar-refractivity contribution is 0.0833. The first-order valence-electron chi connectivity index (χ1n) is 9.39. The van der Waals surface area contributed by atoms with Gasteiger partial charge in [0.25, 0.3) is 0 Å². The molecule has 2 fully saturated rings. The van der Waals surface area contributed by atoms with Crippen molar-refractivity contribution in [2.75, 3.05) is 12.0 Å². The smallest absolute Gasteiger partial charge is 0.410 e. The molecule has 134 valence electrons. The summed E-state index contributed by atoms with van der Waals surface area (Å²) in [4.78, 5) is 14.2. The van der Waals surface area contributed by atoms with Crippen LogP contribution in [-0.2, 0) is 11.2 Å². The number of fused-ring (bicyclic) bond motifs is 4. The maximum absolute atomic E-state index is 12.3. The van der Waals surface area contributed by atoms with Crippen LogP contribution >= 0.6 is 0 Å². The van der Waals surface area contributed by atoms with E-state index >= 15 is 0 Å². The third-order valence-corrected chi connectivity index (χ3v) is 5.43. The second kappa shape index (κ2) is 6.98. The third kappa shape index (κ3) is 3.19. The van der Waals surface area contributed by atoms with E-state index in [-0.39, 0.29) is 18.2 Å². The minimum atomic E-state index is -0.213. The van der Waals surface area contributed by atoms with E-state index in [1.807, 2.05) is 17.9 Å². The minimum Gasteiger partial charge on any atom is -0.450 e. The first-order valence-corrected chi connectivity index (χ1v) is 9.39. The van der Waals surface area contributed by atoms with Gasteiger partial charge in [0.2, 0.25) is 0 Å². The van der Waals surface area contributed by atoms with E-state index in [1.165, 1.54) is 25.0 Å². The van der Waals surface area contributed by atoms with E-state index < -0.39 is 0 Å². The van der Waals surface area contributed by atoms with Crippen molar-refractivity contribution in [3.63, 3.8) is 0 Å². The lowest BCUT2D eigenvalue weighted by Gasteiger charge is -2.34. The lowest BCUT2D eigenvalue weighted by atomic mass is 9.99. The van der Waals surface area contributed by atoms with Crippen molar-refractivity contribution in [1.82, 2.24) is 15.1 Å². The predicted molar refractivity (Wildman–Crippen MR) is 94.5 cm³/mol. The molecule has 1 N–H and O–H groups in total. The molecule has 1 saturated carbocycles. The van der Waals surface area contributed by atoms with Crippen LogP contribution in [0.3, 0.4) is 0 Å². The molecule has 7 heteroatoms. The number of aromatic nitrogens is 2. The Morgan fingerprint density at radius 3 is 2.96 bits per heavy atom.